The summed E-state index contributed by atoms with van der Waals surface area (Å²) in [5.41, 5.74) is 0.996. The fraction of sp³-hybridized carbons (Fsp3) is 0.444. The van der Waals surface area contributed by atoms with Gasteiger partial charge in [0.2, 0.25) is 5.88 Å². The van der Waals surface area contributed by atoms with Crippen LogP contribution in [0.25, 0.3) is 0 Å². The van der Waals surface area contributed by atoms with Crippen molar-refractivity contribution in [2.24, 2.45) is 0 Å². The number of hydrogen-bond donors (Lipinski definition) is 0. The van der Waals surface area contributed by atoms with Crippen molar-refractivity contribution in [2.45, 2.75) is 26.7 Å². The number of rotatable bonds is 2. The number of aromatic nitrogens is 2. The monoisotopic (exact) mass is 165 g/mol. The van der Waals surface area contributed by atoms with E-state index in [4.69, 9.17) is 4.74 Å². The van der Waals surface area contributed by atoms with Gasteiger partial charge in [-0.3, -0.25) is 0 Å². The fourth-order valence-electron chi connectivity index (χ4n) is 0.970. The van der Waals surface area contributed by atoms with Crippen LogP contribution in [0.1, 0.15) is 31.2 Å². The van der Waals surface area contributed by atoms with E-state index in [1.807, 2.05) is 6.92 Å². The smallest absolute Gasteiger partial charge is 0.220 e. The Bertz CT molecular complexity index is 271. The third-order valence-corrected chi connectivity index (χ3v) is 1.66. The van der Waals surface area contributed by atoms with Crippen molar-refractivity contribution in [1.29, 1.82) is 0 Å². The Hall–Kier alpha value is -1.12. The largest absolute Gasteiger partial charge is 0.474 e. The maximum atomic E-state index is 4.89. The summed E-state index contributed by atoms with van der Waals surface area (Å²) in [6, 6.07) is 0. The van der Waals surface area contributed by atoms with Crippen molar-refractivity contribution >= 4 is 0 Å². The van der Waals surface area contributed by atoms with Gasteiger partial charge < -0.3 is 4.74 Å². The van der Waals surface area contributed by atoms with Gasteiger partial charge in [-0.2, -0.15) is 4.98 Å². The van der Waals surface area contributed by atoms with Crippen LogP contribution in [0.2, 0.25) is 0 Å². The van der Waals surface area contributed by atoms with Crippen LogP contribution in [0.4, 0.5) is 0 Å². The van der Waals surface area contributed by atoms with Gasteiger partial charge in [-0.1, -0.05) is 13.8 Å². The van der Waals surface area contributed by atoms with Gasteiger partial charge in [0.25, 0.3) is 0 Å². The molecule has 0 unspecified atom stereocenters. The lowest BCUT2D eigenvalue weighted by Gasteiger charge is -2.09. The van der Waals surface area contributed by atoms with E-state index in [0.29, 0.717) is 17.6 Å². The molecule has 0 saturated carbocycles. The van der Waals surface area contributed by atoms with Crippen molar-refractivity contribution in [3.8, 4) is 5.88 Å². The lowest BCUT2D eigenvalue weighted by atomic mass is 10.1. The van der Waals surface area contributed by atoms with E-state index in [0.717, 1.165) is 5.56 Å². The van der Waals surface area contributed by atoms with Crippen molar-refractivity contribution in [2.75, 3.05) is 0 Å². The van der Waals surface area contributed by atoms with Crippen LogP contribution >= 0.6 is 0 Å². The zero-order chi connectivity index (χ0) is 9.14. The second-order valence-electron chi connectivity index (χ2n) is 2.98. The van der Waals surface area contributed by atoms with Crippen molar-refractivity contribution in [3.63, 3.8) is 0 Å². The predicted octanol–water partition coefficient (Wildman–Crippen LogP) is 2.08. The van der Waals surface area contributed by atoms with E-state index in [1.54, 1.807) is 6.20 Å². The third-order valence-electron chi connectivity index (χ3n) is 1.66. The second kappa shape index (κ2) is 3.52. The minimum atomic E-state index is 0.363. The number of aryl methyl sites for hydroxylation is 1. The maximum absolute atomic E-state index is 4.89. The Morgan fingerprint density at radius 1 is 1.50 bits per heavy atom. The molecular formula is C9H13N2O. The SMILES string of the molecule is [CH2]Oc1nc(C)ncc1C(C)C. The first-order valence-corrected chi connectivity index (χ1v) is 3.90. The van der Waals surface area contributed by atoms with Gasteiger partial charge in [0.1, 0.15) is 12.9 Å². The van der Waals surface area contributed by atoms with Gasteiger partial charge in [0, 0.05) is 11.8 Å². The van der Waals surface area contributed by atoms with E-state index in [9.17, 15) is 0 Å². The molecule has 65 valence electrons. The Balaban J connectivity index is 3.11. The van der Waals surface area contributed by atoms with Crippen molar-refractivity contribution < 1.29 is 4.74 Å². The lowest BCUT2D eigenvalue weighted by molar-refractivity contribution is 0.440. The summed E-state index contributed by atoms with van der Waals surface area (Å²) in [5, 5.41) is 0. The molecule has 0 aromatic carbocycles. The zero-order valence-electron chi connectivity index (χ0n) is 7.66. The average molecular weight is 165 g/mol. The Labute approximate surface area is 72.8 Å². The molecule has 0 fully saturated rings. The van der Waals surface area contributed by atoms with Gasteiger partial charge in [0.05, 0.1) is 0 Å². The summed E-state index contributed by atoms with van der Waals surface area (Å²) in [6.45, 7) is 5.96. The highest BCUT2D eigenvalue weighted by molar-refractivity contribution is 5.26. The van der Waals surface area contributed by atoms with E-state index in [-0.39, 0.29) is 0 Å². The molecule has 0 amide bonds. The van der Waals surface area contributed by atoms with Crippen LogP contribution in [0.3, 0.4) is 0 Å². The molecule has 1 rings (SSSR count). The second-order valence-corrected chi connectivity index (χ2v) is 2.98. The molecule has 0 atom stereocenters. The van der Waals surface area contributed by atoms with Crippen molar-refractivity contribution in [1.82, 2.24) is 9.97 Å². The van der Waals surface area contributed by atoms with Crippen LogP contribution in [0.5, 0.6) is 5.88 Å². The summed E-state index contributed by atoms with van der Waals surface area (Å²) in [4.78, 5) is 8.21. The summed E-state index contributed by atoms with van der Waals surface area (Å²) in [7, 11) is 3.35. The van der Waals surface area contributed by atoms with Crippen LogP contribution in [0, 0.1) is 14.0 Å². The third kappa shape index (κ3) is 1.72. The van der Waals surface area contributed by atoms with E-state index < -0.39 is 0 Å². The Kier molecular flexibility index (Phi) is 2.63. The van der Waals surface area contributed by atoms with Crippen molar-refractivity contribution in [3.05, 3.63) is 24.7 Å². The predicted molar refractivity (Wildman–Crippen MR) is 46.8 cm³/mol. The van der Waals surface area contributed by atoms with E-state index >= 15 is 0 Å². The molecule has 0 N–H and O–H groups in total. The molecule has 0 bridgehead atoms. The summed E-state index contributed by atoms with van der Waals surface area (Å²) in [6.07, 6.45) is 1.79. The zero-order valence-corrected chi connectivity index (χ0v) is 7.66. The first-order chi connectivity index (χ1) is 5.65. The topological polar surface area (TPSA) is 35.0 Å². The minimum Gasteiger partial charge on any atom is -0.474 e. The molecule has 0 aliphatic rings. The standard InChI is InChI=1S/C9H13N2O/c1-6(2)8-5-10-7(3)11-9(8)12-4/h5-6H,4H2,1-3H3. The summed E-state index contributed by atoms with van der Waals surface area (Å²) < 4.78 is 4.89. The highest BCUT2D eigenvalue weighted by Crippen LogP contribution is 2.22. The first-order valence-electron chi connectivity index (χ1n) is 3.90. The molecule has 0 aliphatic heterocycles. The molecule has 1 aromatic rings. The molecular weight excluding hydrogens is 152 g/mol. The minimum absolute atomic E-state index is 0.363. The van der Waals surface area contributed by atoms with Gasteiger partial charge in [-0.15, -0.1) is 0 Å². The van der Waals surface area contributed by atoms with Crippen LogP contribution in [-0.4, -0.2) is 9.97 Å². The first kappa shape index (κ1) is 8.97. The summed E-state index contributed by atoms with van der Waals surface area (Å²) in [5.74, 6) is 1.65. The number of ether oxygens (including phenoxy) is 1. The molecule has 3 heteroatoms. The van der Waals surface area contributed by atoms with Crippen LogP contribution < -0.4 is 4.74 Å². The van der Waals surface area contributed by atoms with Crippen LogP contribution in [0.15, 0.2) is 6.20 Å². The molecule has 0 saturated heterocycles. The molecule has 3 nitrogen and oxygen atoms in total. The molecule has 1 radical (unpaired) electrons. The van der Waals surface area contributed by atoms with Gasteiger partial charge >= 0.3 is 0 Å². The molecule has 0 aliphatic carbocycles. The van der Waals surface area contributed by atoms with Gasteiger partial charge in [-0.05, 0) is 12.8 Å². The number of hydrogen-bond acceptors (Lipinski definition) is 3. The lowest BCUT2D eigenvalue weighted by Crippen LogP contribution is -1.99. The maximum Gasteiger partial charge on any atom is 0.220 e. The van der Waals surface area contributed by atoms with Crippen LogP contribution in [-0.2, 0) is 0 Å². The highest BCUT2D eigenvalue weighted by Gasteiger charge is 2.08. The quantitative estimate of drug-likeness (QED) is 0.673. The average Bonchev–Trinajstić information content (AvgIpc) is 2.03. The molecule has 1 heterocycles. The molecule has 0 spiro atoms. The Morgan fingerprint density at radius 2 is 2.17 bits per heavy atom. The van der Waals surface area contributed by atoms with Gasteiger partial charge in [0.15, 0.2) is 0 Å². The molecule has 1 aromatic heterocycles. The highest BCUT2D eigenvalue weighted by atomic mass is 16.5. The van der Waals surface area contributed by atoms with E-state index in [2.05, 4.69) is 30.9 Å². The Morgan fingerprint density at radius 3 is 2.67 bits per heavy atom. The summed E-state index contributed by atoms with van der Waals surface area (Å²) >= 11 is 0. The van der Waals surface area contributed by atoms with Gasteiger partial charge in [-0.25, -0.2) is 4.98 Å². The normalized spacial score (nSPS) is 10.4. The fourth-order valence-corrected chi connectivity index (χ4v) is 0.970. The number of nitrogens with zero attached hydrogens (tertiary/aromatic N) is 2. The molecule has 12 heavy (non-hydrogen) atoms. The van der Waals surface area contributed by atoms with E-state index in [1.165, 1.54) is 0 Å².